The van der Waals surface area contributed by atoms with Crippen molar-refractivity contribution in [1.29, 1.82) is 0 Å². The molecule has 0 spiro atoms. The van der Waals surface area contributed by atoms with Crippen molar-refractivity contribution in [1.82, 2.24) is 19.9 Å². The molecule has 0 aliphatic carbocycles. The third-order valence-corrected chi connectivity index (χ3v) is 11.9. The second-order valence-electron chi connectivity index (χ2n) is 15.4. The number of rotatable bonds is 5. The summed E-state index contributed by atoms with van der Waals surface area (Å²) in [5.41, 5.74) is 14.0. The van der Waals surface area contributed by atoms with Crippen LogP contribution in [0.15, 0.2) is 206 Å². The van der Waals surface area contributed by atoms with E-state index in [0.717, 1.165) is 99.8 Å². The molecule has 12 aromatic rings. The maximum atomic E-state index is 5.22. The van der Waals surface area contributed by atoms with Crippen molar-refractivity contribution in [2.75, 3.05) is 0 Å². The molecule has 0 saturated heterocycles. The molecule has 4 aromatic heterocycles. The van der Waals surface area contributed by atoms with Gasteiger partial charge in [0.15, 0.2) is 0 Å². The Hall–Kier alpha value is -8.08. The van der Waals surface area contributed by atoms with E-state index in [1.165, 1.54) is 21.5 Å². The second kappa shape index (κ2) is 13.8. The van der Waals surface area contributed by atoms with E-state index in [0.29, 0.717) is 0 Å². The van der Waals surface area contributed by atoms with Crippen LogP contribution in [-0.2, 0) is 0 Å². The predicted molar refractivity (Wildman–Crippen MR) is 250 cm³/mol. The Labute approximate surface area is 346 Å². The molecule has 4 heterocycles. The average molecular weight is 763 g/mol. The van der Waals surface area contributed by atoms with Gasteiger partial charge in [-0.2, -0.15) is 0 Å². The van der Waals surface area contributed by atoms with Crippen LogP contribution in [0.3, 0.4) is 0 Å². The fourth-order valence-electron chi connectivity index (χ4n) is 8.72. The fourth-order valence-corrected chi connectivity index (χ4v) is 8.72. The molecule has 0 atom stereocenters. The van der Waals surface area contributed by atoms with Crippen molar-refractivity contribution >= 4 is 65.2 Å². The third-order valence-electron chi connectivity index (χ3n) is 11.9. The molecule has 4 nitrogen and oxygen atoms in total. The standard InChI is InChI=1S/C56H34N4/c1-3-11-45-37(7-1)9-5-13-47(45)51-33-29-43-25-23-41-27-31-49(57-53(41)55(43)59-51)39-19-15-35(16-20-39)36-17-21-40(22-18-36)50-32-28-42-24-26-44-30-34-52(60-56(44)54(42)58-50)48-14-6-10-38-8-2-4-12-46(38)48/h1-34H. The highest BCUT2D eigenvalue weighted by Gasteiger charge is 2.13. The minimum Gasteiger partial charge on any atom is -0.245 e. The van der Waals surface area contributed by atoms with Crippen LogP contribution in [0.2, 0.25) is 0 Å². The van der Waals surface area contributed by atoms with Gasteiger partial charge in [-0.3, -0.25) is 0 Å². The van der Waals surface area contributed by atoms with E-state index in [4.69, 9.17) is 19.9 Å². The third kappa shape index (κ3) is 5.77. The largest absolute Gasteiger partial charge is 0.245 e. The Balaban J connectivity index is 0.849. The van der Waals surface area contributed by atoms with Crippen molar-refractivity contribution in [3.63, 3.8) is 0 Å². The molecule has 0 fully saturated rings. The lowest BCUT2D eigenvalue weighted by atomic mass is 9.99. The lowest BCUT2D eigenvalue weighted by Gasteiger charge is -2.11. The van der Waals surface area contributed by atoms with Gasteiger partial charge in [0.2, 0.25) is 0 Å². The van der Waals surface area contributed by atoms with E-state index >= 15 is 0 Å². The number of benzene rings is 8. The van der Waals surface area contributed by atoms with E-state index in [1.54, 1.807) is 0 Å². The van der Waals surface area contributed by atoms with Gasteiger partial charge in [-0.25, -0.2) is 19.9 Å². The Kier molecular flexibility index (Phi) is 7.82. The van der Waals surface area contributed by atoms with Crippen molar-refractivity contribution in [2.45, 2.75) is 0 Å². The molecule has 0 bridgehead atoms. The molecule has 0 amide bonds. The van der Waals surface area contributed by atoms with Gasteiger partial charge >= 0.3 is 0 Å². The summed E-state index contributed by atoms with van der Waals surface area (Å²) in [5.74, 6) is 0. The summed E-state index contributed by atoms with van der Waals surface area (Å²) in [6.07, 6.45) is 0. The Morgan fingerprint density at radius 2 is 0.500 bits per heavy atom. The van der Waals surface area contributed by atoms with Gasteiger partial charge in [-0.05, 0) is 56.9 Å². The zero-order chi connectivity index (χ0) is 39.6. The SMILES string of the molecule is c1ccc2c(-c3ccc4ccc5ccc(-c6ccc(-c7ccc(-c8ccc9ccc%10ccc(-c%11cccc%12ccccc%11%12)nc%10c9n8)cc7)cc6)nc5c4n3)cccc2c1. The Morgan fingerprint density at radius 1 is 0.200 bits per heavy atom. The molecule has 0 unspecified atom stereocenters. The first-order valence-corrected chi connectivity index (χ1v) is 20.3. The van der Waals surface area contributed by atoms with Gasteiger partial charge in [0.05, 0.1) is 44.8 Å². The molecule has 0 aliphatic heterocycles. The summed E-state index contributed by atoms with van der Waals surface area (Å²) in [4.78, 5) is 20.9. The van der Waals surface area contributed by atoms with Gasteiger partial charge in [0, 0.05) is 43.8 Å². The summed E-state index contributed by atoms with van der Waals surface area (Å²) < 4.78 is 0. The first-order valence-electron chi connectivity index (χ1n) is 20.3. The highest BCUT2D eigenvalue weighted by Crippen LogP contribution is 2.35. The van der Waals surface area contributed by atoms with E-state index in [9.17, 15) is 0 Å². The number of fused-ring (bicyclic) bond motifs is 8. The normalized spacial score (nSPS) is 11.7. The maximum Gasteiger partial charge on any atom is 0.0972 e. The van der Waals surface area contributed by atoms with Gasteiger partial charge in [0.25, 0.3) is 0 Å². The molecule has 0 aliphatic rings. The molecule has 0 radical (unpaired) electrons. The van der Waals surface area contributed by atoms with Crippen molar-refractivity contribution in [3.8, 4) is 56.2 Å². The summed E-state index contributed by atoms with van der Waals surface area (Å²) in [6.45, 7) is 0. The van der Waals surface area contributed by atoms with E-state index in [-0.39, 0.29) is 0 Å². The molecule has 278 valence electrons. The molecule has 4 heteroatoms. The number of pyridine rings is 4. The van der Waals surface area contributed by atoms with E-state index in [1.807, 2.05) is 0 Å². The maximum absolute atomic E-state index is 5.22. The van der Waals surface area contributed by atoms with Gasteiger partial charge < -0.3 is 0 Å². The quantitative estimate of drug-likeness (QED) is 0.164. The lowest BCUT2D eigenvalue weighted by Crippen LogP contribution is -1.92. The van der Waals surface area contributed by atoms with Gasteiger partial charge in [-0.15, -0.1) is 0 Å². The molecule has 60 heavy (non-hydrogen) atoms. The summed E-state index contributed by atoms with van der Waals surface area (Å²) in [5, 5.41) is 9.08. The van der Waals surface area contributed by atoms with Crippen molar-refractivity contribution in [3.05, 3.63) is 206 Å². The van der Waals surface area contributed by atoms with Crippen LogP contribution in [0.4, 0.5) is 0 Å². The van der Waals surface area contributed by atoms with Gasteiger partial charge in [0.1, 0.15) is 0 Å². The van der Waals surface area contributed by atoms with Crippen LogP contribution in [0.5, 0.6) is 0 Å². The first-order chi connectivity index (χ1) is 29.7. The zero-order valence-electron chi connectivity index (χ0n) is 32.4. The number of aromatic nitrogens is 4. The summed E-state index contributed by atoms with van der Waals surface area (Å²) >= 11 is 0. The minimum atomic E-state index is 0.906. The zero-order valence-corrected chi connectivity index (χ0v) is 32.4. The fraction of sp³-hybridized carbons (Fsp3) is 0. The summed E-state index contributed by atoms with van der Waals surface area (Å²) in [6, 6.07) is 72.7. The highest BCUT2D eigenvalue weighted by molar-refractivity contribution is 6.07. The smallest absolute Gasteiger partial charge is 0.0972 e. The van der Waals surface area contributed by atoms with Crippen LogP contribution >= 0.6 is 0 Å². The molecule has 0 saturated carbocycles. The molecule has 0 N–H and O–H groups in total. The molecular formula is C56H34N4. The van der Waals surface area contributed by atoms with Crippen molar-refractivity contribution in [2.24, 2.45) is 0 Å². The average Bonchev–Trinajstić information content (AvgIpc) is 3.33. The molecular weight excluding hydrogens is 729 g/mol. The second-order valence-corrected chi connectivity index (χ2v) is 15.4. The van der Waals surface area contributed by atoms with Crippen LogP contribution in [0.25, 0.3) is 121 Å². The minimum absolute atomic E-state index is 0.906. The number of hydrogen-bond acceptors (Lipinski definition) is 4. The topological polar surface area (TPSA) is 51.6 Å². The van der Waals surface area contributed by atoms with Crippen LogP contribution < -0.4 is 0 Å². The molecule has 8 aromatic carbocycles. The Morgan fingerprint density at radius 3 is 0.900 bits per heavy atom. The van der Waals surface area contributed by atoms with Crippen molar-refractivity contribution < 1.29 is 0 Å². The number of nitrogens with zero attached hydrogens (tertiary/aromatic N) is 4. The van der Waals surface area contributed by atoms with Crippen LogP contribution in [0, 0.1) is 0 Å². The van der Waals surface area contributed by atoms with Crippen LogP contribution in [0.1, 0.15) is 0 Å². The van der Waals surface area contributed by atoms with E-state index < -0.39 is 0 Å². The summed E-state index contributed by atoms with van der Waals surface area (Å²) in [7, 11) is 0. The van der Waals surface area contributed by atoms with Gasteiger partial charge in [-0.1, -0.05) is 182 Å². The lowest BCUT2D eigenvalue weighted by molar-refractivity contribution is 1.37. The monoisotopic (exact) mass is 762 g/mol. The highest BCUT2D eigenvalue weighted by atomic mass is 14.8. The Bertz CT molecular complexity index is 3390. The van der Waals surface area contributed by atoms with Crippen LogP contribution in [-0.4, -0.2) is 19.9 Å². The molecule has 12 rings (SSSR count). The first kappa shape index (κ1) is 34.0. The predicted octanol–water partition coefficient (Wildman–Crippen LogP) is 14.5. The number of hydrogen-bond donors (Lipinski definition) is 0. The van der Waals surface area contributed by atoms with E-state index in [2.05, 4.69) is 206 Å².